The van der Waals surface area contributed by atoms with Crippen LogP contribution in [0.1, 0.15) is 0 Å². The summed E-state index contributed by atoms with van der Waals surface area (Å²) < 4.78 is 3.34. The van der Waals surface area contributed by atoms with Crippen LogP contribution in [0, 0.1) is 0 Å². The van der Waals surface area contributed by atoms with Crippen molar-refractivity contribution in [1.29, 1.82) is 0 Å². The number of rotatable bonds is 2. The van der Waals surface area contributed by atoms with Gasteiger partial charge in [0.05, 0.1) is 5.69 Å². The molecule has 4 aromatic rings. The third-order valence-electron chi connectivity index (χ3n) is 3.83. The van der Waals surface area contributed by atoms with Gasteiger partial charge in [0.15, 0.2) is 5.65 Å². The van der Waals surface area contributed by atoms with E-state index in [1.807, 2.05) is 55.7 Å². The van der Waals surface area contributed by atoms with Crippen LogP contribution in [0.15, 0.2) is 71.9 Å². The van der Waals surface area contributed by atoms with Crippen molar-refractivity contribution in [3.05, 3.63) is 77.5 Å². The Balaban J connectivity index is 2.03. The van der Waals surface area contributed by atoms with E-state index >= 15 is 0 Å². The first kappa shape index (κ1) is 13.5. The van der Waals surface area contributed by atoms with Gasteiger partial charge in [-0.1, -0.05) is 30.3 Å². The highest BCUT2D eigenvalue weighted by atomic mass is 16.1. The number of nitrogens with zero attached hydrogens (tertiary/aromatic N) is 4. The molecule has 0 aliphatic rings. The van der Waals surface area contributed by atoms with Crippen molar-refractivity contribution in [3.63, 3.8) is 0 Å². The van der Waals surface area contributed by atoms with Crippen molar-refractivity contribution in [2.24, 2.45) is 7.05 Å². The van der Waals surface area contributed by atoms with E-state index < -0.39 is 0 Å². The molecule has 0 unspecified atom stereocenters. The van der Waals surface area contributed by atoms with E-state index in [-0.39, 0.29) is 5.56 Å². The van der Waals surface area contributed by atoms with E-state index in [0.29, 0.717) is 11.3 Å². The molecule has 23 heavy (non-hydrogen) atoms. The molecule has 3 aromatic heterocycles. The maximum absolute atomic E-state index is 12.5. The molecule has 5 heteroatoms. The van der Waals surface area contributed by atoms with Crippen LogP contribution in [0.5, 0.6) is 0 Å². The number of hydrogen-bond acceptors (Lipinski definition) is 3. The van der Waals surface area contributed by atoms with Crippen LogP contribution in [0.4, 0.5) is 0 Å². The average molecular weight is 302 g/mol. The molecule has 1 aromatic carbocycles. The minimum absolute atomic E-state index is 0.105. The van der Waals surface area contributed by atoms with Crippen molar-refractivity contribution in [2.45, 2.75) is 0 Å². The Morgan fingerprint density at radius 2 is 1.70 bits per heavy atom. The van der Waals surface area contributed by atoms with Gasteiger partial charge in [0, 0.05) is 42.8 Å². The maximum Gasteiger partial charge on any atom is 0.273 e. The molecule has 0 N–H and O–H groups in total. The summed E-state index contributed by atoms with van der Waals surface area (Å²) in [6.07, 6.45) is 5.32. The summed E-state index contributed by atoms with van der Waals surface area (Å²) in [5, 5.41) is 0. The predicted molar refractivity (Wildman–Crippen MR) is 89.1 cm³/mol. The zero-order valence-corrected chi connectivity index (χ0v) is 12.5. The van der Waals surface area contributed by atoms with Crippen LogP contribution in [-0.4, -0.2) is 19.2 Å². The SMILES string of the molecule is Cn1cc(-c2ccccc2)c2nc(-c3ccncc3)cc(=O)n21. The standard InChI is InChI=1S/C18H14N4O/c1-21-12-15(13-5-3-2-4-6-13)18-20-16(11-17(23)22(18)21)14-7-9-19-10-8-14/h2-12H,1H3. The topological polar surface area (TPSA) is 52.2 Å². The summed E-state index contributed by atoms with van der Waals surface area (Å²) in [5.41, 5.74) is 4.04. The zero-order valence-electron chi connectivity index (χ0n) is 12.5. The molecule has 0 spiro atoms. The first-order valence-corrected chi connectivity index (χ1v) is 7.29. The Kier molecular flexibility index (Phi) is 3.05. The third kappa shape index (κ3) is 2.23. The fourth-order valence-corrected chi connectivity index (χ4v) is 2.75. The van der Waals surface area contributed by atoms with Gasteiger partial charge in [-0.2, -0.15) is 4.52 Å². The summed E-state index contributed by atoms with van der Waals surface area (Å²) in [6, 6.07) is 15.2. The molecular formula is C18H14N4O. The molecule has 0 aliphatic carbocycles. The van der Waals surface area contributed by atoms with Crippen molar-refractivity contribution in [3.8, 4) is 22.4 Å². The number of pyridine rings is 1. The minimum Gasteiger partial charge on any atom is -0.286 e. The Morgan fingerprint density at radius 1 is 0.957 bits per heavy atom. The second-order valence-corrected chi connectivity index (χ2v) is 5.33. The Labute approximate surface area is 132 Å². The molecule has 5 nitrogen and oxygen atoms in total. The molecule has 0 atom stereocenters. The lowest BCUT2D eigenvalue weighted by atomic mass is 10.1. The third-order valence-corrected chi connectivity index (χ3v) is 3.83. The minimum atomic E-state index is -0.105. The zero-order chi connectivity index (χ0) is 15.8. The van der Waals surface area contributed by atoms with E-state index in [2.05, 4.69) is 4.98 Å². The summed E-state index contributed by atoms with van der Waals surface area (Å²) in [7, 11) is 1.84. The quantitative estimate of drug-likeness (QED) is 0.572. The normalized spacial score (nSPS) is 11.0. The molecule has 0 amide bonds. The van der Waals surface area contributed by atoms with E-state index in [4.69, 9.17) is 4.98 Å². The summed E-state index contributed by atoms with van der Waals surface area (Å²) in [4.78, 5) is 21.3. The summed E-state index contributed by atoms with van der Waals surface area (Å²) in [5.74, 6) is 0. The lowest BCUT2D eigenvalue weighted by molar-refractivity contribution is 0.681. The van der Waals surface area contributed by atoms with Crippen LogP contribution in [0.3, 0.4) is 0 Å². The van der Waals surface area contributed by atoms with Crippen LogP contribution < -0.4 is 5.56 Å². The molecule has 0 saturated carbocycles. The fourth-order valence-electron chi connectivity index (χ4n) is 2.75. The van der Waals surface area contributed by atoms with Crippen molar-refractivity contribution < 1.29 is 0 Å². The van der Waals surface area contributed by atoms with Gasteiger partial charge in [-0.05, 0) is 17.7 Å². The molecule has 0 bridgehead atoms. The van der Waals surface area contributed by atoms with Crippen molar-refractivity contribution >= 4 is 5.65 Å². The molecule has 0 aliphatic heterocycles. The van der Waals surface area contributed by atoms with Gasteiger partial charge in [0.25, 0.3) is 5.56 Å². The van der Waals surface area contributed by atoms with Crippen molar-refractivity contribution in [1.82, 2.24) is 19.2 Å². The second-order valence-electron chi connectivity index (χ2n) is 5.33. The highest BCUT2D eigenvalue weighted by molar-refractivity contribution is 5.78. The van der Waals surface area contributed by atoms with Crippen LogP contribution >= 0.6 is 0 Å². The monoisotopic (exact) mass is 302 g/mol. The number of aryl methyl sites for hydroxylation is 1. The lowest BCUT2D eigenvalue weighted by Gasteiger charge is -2.04. The molecule has 4 rings (SSSR count). The summed E-state index contributed by atoms with van der Waals surface area (Å²) >= 11 is 0. The molecule has 112 valence electrons. The molecule has 0 fully saturated rings. The van der Waals surface area contributed by atoms with Gasteiger partial charge in [-0.15, -0.1) is 0 Å². The van der Waals surface area contributed by atoms with Gasteiger partial charge in [-0.25, -0.2) is 4.98 Å². The average Bonchev–Trinajstić information content (AvgIpc) is 2.94. The van der Waals surface area contributed by atoms with Gasteiger partial charge in [0.1, 0.15) is 0 Å². The summed E-state index contributed by atoms with van der Waals surface area (Å²) in [6.45, 7) is 0. The number of hydrogen-bond donors (Lipinski definition) is 0. The van der Waals surface area contributed by atoms with Gasteiger partial charge >= 0.3 is 0 Å². The van der Waals surface area contributed by atoms with E-state index in [1.54, 1.807) is 27.7 Å². The van der Waals surface area contributed by atoms with Crippen molar-refractivity contribution in [2.75, 3.05) is 0 Å². The van der Waals surface area contributed by atoms with Gasteiger partial charge < -0.3 is 0 Å². The maximum atomic E-state index is 12.5. The van der Waals surface area contributed by atoms with Gasteiger partial charge in [0.2, 0.25) is 0 Å². The molecule has 0 radical (unpaired) electrons. The van der Waals surface area contributed by atoms with Gasteiger partial charge in [-0.3, -0.25) is 14.5 Å². The van der Waals surface area contributed by atoms with Crippen LogP contribution in [0.2, 0.25) is 0 Å². The number of benzene rings is 1. The predicted octanol–water partition coefficient (Wildman–Crippen LogP) is 2.76. The van der Waals surface area contributed by atoms with Crippen LogP contribution in [0.25, 0.3) is 28.0 Å². The first-order valence-electron chi connectivity index (χ1n) is 7.29. The Bertz CT molecular complexity index is 1030. The number of fused-ring (bicyclic) bond motifs is 1. The fraction of sp³-hybridized carbons (Fsp3) is 0.0556. The highest BCUT2D eigenvalue weighted by Gasteiger charge is 2.13. The first-order chi connectivity index (χ1) is 11.2. The number of aromatic nitrogens is 4. The molecular weight excluding hydrogens is 288 g/mol. The van der Waals surface area contributed by atoms with E-state index in [9.17, 15) is 4.79 Å². The largest absolute Gasteiger partial charge is 0.286 e. The van der Waals surface area contributed by atoms with Crippen LogP contribution in [-0.2, 0) is 7.05 Å². The van der Waals surface area contributed by atoms with E-state index in [1.165, 1.54) is 0 Å². The Morgan fingerprint density at radius 3 is 2.43 bits per heavy atom. The Hall–Kier alpha value is -3.21. The smallest absolute Gasteiger partial charge is 0.273 e. The lowest BCUT2D eigenvalue weighted by Crippen LogP contribution is -2.18. The second kappa shape index (κ2) is 5.21. The highest BCUT2D eigenvalue weighted by Crippen LogP contribution is 2.25. The molecule has 0 saturated heterocycles. The molecule has 3 heterocycles. The van der Waals surface area contributed by atoms with E-state index in [0.717, 1.165) is 16.7 Å².